The number of anilines is 3. The average Bonchev–Trinajstić information content (AvgIpc) is 3.50. The van der Waals surface area contributed by atoms with Crippen molar-refractivity contribution in [3.8, 4) is 21.8 Å². The van der Waals surface area contributed by atoms with Crippen LogP contribution in [0.4, 0.5) is 39.3 Å². The molecule has 0 bridgehead atoms. The highest BCUT2D eigenvalue weighted by Crippen LogP contribution is 2.35. The number of rotatable bonds is 6. The Balaban J connectivity index is 1.21. The molecule has 2 N–H and O–H groups in total. The van der Waals surface area contributed by atoms with Crippen LogP contribution in [0, 0.1) is 11.6 Å². The molecule has 3 aromatic carbocycles. The molecule has 0 aliphatic carbocycles. The third kappa shape index (κ3) is 6.36. The number of halogens is 5. The molecule has 14 heteroatoms. The summed E-state index contributed by atoms with van der Waals surface area (Å²) in [6.45, 7) is -0.178. The zero-order chi connectivity index (χ0) is 31.7. The van der Waals surface area contributed by atoms with Gasteiger partial charge in [0.25, 0.3) is 5.91 Å². The number of alkyl halides is 3. The van der Waals surface area contributed by atoms with Crippen LogP contribution in [0.3, 0.4) is 0 Å². The van der Waals surface area contributed by atoms with E-state index in [1.54, 1.807) is 54.0 Å². The molecule has 2 aromatic heterocycles. The second-order valence-electron chi connectivity index (χ2n) is 10.0. The van der Waals surface area contributed by atoms with Crippen molar-refractivity contribution in [2.45, 2.75) is 19.1 Å². The summed E-state index contributed by atoms with van der Waals surface area (Å²) in [5.74, 6) is -4.54. The molecule has 0 unspecified atom stereocenters. The molecule has 8 nitrogen and oxygen atoms in total. The number of carbonyl (C=O) groups excluding carboxylic acids is 2. The van der Waals surface area contributed by atoms with E-state index in [4.69, 9.17) is 0 Å². The smallest absolute Gasteiger partial charge is 0.330 e. The lowest BCUT2D eigenvalue weighted by molar-refractivity contribution is -0.186. The van der Waals surface area contributed by atoms with Crippen molar-refractivity contribution in [1.82, 2.24) is 19.9 Å². The Morgan fingerprint density at radius 1 is 0.889 bits per heavy atom. The van der Waals surface area contributed by atoms with E-state index in [1.807, 2.05) is 0 Å². The van der Waals surface area contributed by atoms with Crippen LogP contribution in [0.25, 0.3) is 21.8 Å². The predicted octanol–water partition coefficient (Wildman–Crippen LogP) is 6.99. The van der Waals surface area contributed by atoms with Gasteiger partial charge in [0.15, 0.2) is 0 Å². The zero-order valence-corrected chi connectivity index (χ0v) is 23.8. The Bertz CT molecular complexity index is 1910. The van der Waals surface area contributed by atoms with Crippen molar-refractivity contribution in [3.05, 3.63) is 107 Å². The van der Waals surface area contributed by atoms with Gasteiger partial charge in [-0.2, -0.15) is 13.2 Å². The van der Waals surface area contributed by atoms with Gasteiger partial charge < -0.3 is 15.5 Å². The summed E-state index contributed by atoms with van der Waals surface area (Å²) < 4.78 is 67.1. The minimum atomic E-state index is -4.94. The van der Waals surface area contributed by atoms with Gasteiger partial charge in [-0.05, 0) is 60.0 Å². The number of nitrogens with zero attached hydrogens (tertiary/aromatic N) is 4. The summed E-state index contributed by atoms with van der Waals surface area (Å²) in [5, 5.41) is 5.59. The standard InChI is InChI=1S/C31H21F5N6O2S/c32-22-5-2-6-23(33)25(22)28(43)39-20-4-1-3-18(13-20)26-27(45-16-38-26)24-9-11-37-30(41-24)40-21-8-7-17-10-12-42(15-19(17)14-21)29(44)31(34,35)36/h1-9,11,13-14,16H,10,12,15H2,(H,39,43)(H,37,40,41). The van der Waals surface area contributed by atoms with Crippen LogP contribution in [0.1, 0.15) is 21.5 Å². The van der Waals surface area contributed by atoms with Crippen molar-refractivity contribution in [2.75, 3.05) is 17.2 Å². The summed E-state index contributed by atoms with van der Waals surface area (Å²) in [5.41, 5.74) is 4.88. The summed E-state index contributed by atoms with van der Waals surface area (Å²) in [7, 11) is 0. The minimum absolute atomic E-state index is 0.0140. The first-order valence-corrected chi connectivity index (χ1v) is 14.3. The predicted molar refractivity (Wildman–Crippen MR) is 158 cm³/mol. The first kappa shape index (κ1) is 29.8. The highest BCUT2D eigenvalue weighted by atomic mass is 32.1. The van der Waals surface area contributed by atoms with E-state index in [-0.39, 0.29) is 19.0 Å². The summed E-state index contributed by atoms with van der Waals surface area (Å²) in [4.78, 5) is 39.1. The minimum Gasteiger partial charge on any atom is -0.330 e. The fourth-order valence-corrected chi connectivity index (χ4v) is 5.73. The molecule has 6 rings (SSSR count). The summed E-state index contributed by atoms with van der Waals surface area (Å²) in [6, 6.07) is 16.7. The Morgan fingerprint density at radius 3 is 2.44 bits per heavy atom. The van der Waals surface area contributed by atoms with Gasteiger partial charge in [-0.3, -0.25) is 9.59 Å². The van der Waals surface area contributed by atoms with E-state index in [0.717, 1.165) is 22.6 Å². The average molecular weight is 637 g/mol. The van der Waals surface area contributed by atoms with E-state index < -0.39 is 35.2 Å². The highest BCUT2D eigenvalue weighted by Gasteiger charge is 2.43. The van der Waals surface area contributed by atoms with Gasteiger partial charge >= 0.3 is 12.1 Å². The number of fused-ring (bicyclic) bond motifs is 1. The Hall–Kier alpha value is -5.24. The van der Waals surface area contributed by atoms with Gasteiger partial charge in [-0.1, -0.05) is 24.3 Å². The number of hydrogen-bond donors (Lipinski definition) is 2. The van der Waals surface area contributed by atoms with Crippen molar-refractivity contribution in [2.24, 2.45) is 0 Å². The van der Waals surface area contributed by atoms with Crippen LogP contribution in [0.2, 0.25) is 0 Å². The molecule has 1 aliphatic rings. The van der Waals surface area contributed by atoms with E-state index >= 15 is 0 Å². The summed E-state index contributed by atoms with van der Waals surface area (Å²) in [6.07, 6.45) is -3.09. The summed E-state index contributed by atoms with van der Waals surface area (Å²) >= 11 is 1.31. The molecule has 3 heterocycles. The fourth-order valence-electron chi connectivity index (χ4n) is 4.95. The molecular weight excluding hydrogens is 615 g/mol. The topological polar surface area (TPSA) is 100 Å². The van der Waals surface area contributed by atoms with E-state index in [1.165, 1.54) is 23.6 Å². The van der Waals surface area contributed by atoms with Gasteiger partial charge in [-0.15, -0.1) is 11.3 Å². The van der Waals surface area contributed by atoms with E-state index in [2.05, 4.69) is 25.6 Å². The third-order valence-corrected chi connectivity index (χ3v) is 7.89. The van der Waals surface area contributed by atoms with Crippen LogP contribution in [-0.2, 0) is 17.8 Å². The monoisotopic (exact) mass is 636 g/mol. The second-order valence-corrected chi connectivity index (χ2v) is 10.9. The molecule has 0 fully saturated rings. The van der Waals surface area contributed by atoms with Gasteiger partial charge in [0.2, 0.25) is 5.95 Å². The molecule has 0 radical (unpaired) electrons. The first-order chi connectivity index (χ1) is 21.6. The van der Waals surface area contributed by atoms with Gasteiger partial charge in [0, 0.05) is 36.2 Å². The van der Waals surface area contributed by atoms with E-state index in [9.17, 15) is 31.5 Å². The fraction of sp³-hybridized carbons (Fsp3) is 0.129. The maximum Gasteiger partial charge on any atom is 0.471 e. The number of hydrogen-bond acceptors (Lipinski definition) is 7. The Morgan fingerprint density at radius 2 is 1.67 bits per heavy atom. The lowest BCUT2D eigenvalue weighted by atomic mass is 9.99. The number of carbonyl (C=O) groups is 2. The van der Waals surface area contributed by atoms with Crippen molar-refractivity contribution >= 4 is 40.5 Å². The van der Waals surface area contributed by atoms with Gasteiger partial charge in [-0.25, -0.2) is 23.7 Å². The van der Waals surface area contributed by atoms with E-state index in [0.29, 0.717) is 45.2 Å². The number of thiazole rings is 1. The maximum atomic E-state index is 14.1. The van der Waals surface area contributed by atoms with Crippen LogP contribution >= 0.6 is 11.3 Å². The van der Waals surface area contributed by atoms with Gasteiger partial charge in [0.05, 0.1) is 21.8 Å². The highest BCUT2D eigenvalue weighted by molar-refractivity contribution is 7.13. The SMILES string of the molecule is O=C(Nc1cccc(-c2ncsc2-c2ccnc(Nc3ccc4c(c3)CN(C(=O)C(F)(F)F)CC4)n2)c1)c1c(F)cccc1F. The molecule has 0 spiro atoms. The maximum absolute atomic E-state index is 14.1. The largest absolute Gasteiger partial charge is 0.471 e. The molecule has 45 heavy (non-hydrogen) atoms. The molecule has 1 aliphatic heterocycles. The Kier molecular flexibility index (Phi) is 7.97. The number of benzene rings is 3. The molecule has 0 saturated carbocycles. The lowest BCUT2D eigenvalue weighted by Gasteiger charge is -2.29. The Labute approximate surface area is 256 Å². The normalized spacial score (nSPS) is 12.9. The van der Waals surface area contributed by atoms with Crippen molar-refractivity contribution < 1.29 is 31.5 Å². The van der Waals surface area contributed by atoms with Crippen LogP contribution < -0.4 is 10.6 Å². The molecule has 0 atom stereocenters. The second kappa shape index (κ2) is 12.0. The van der Waals surface area contributed by atoms with Gasteiger partial charge in [0.1, 0.15) is 17.2 Å². The van der Waals surface area contributed by atoms with Crippen molar-refractivity contribution in [1.29, 1.82) is 0 Å². The molecular formula is C31H21F5N6O2S. The third-order valence-electron chi connectivity index (χ3n) is 7.04. The quantitative estimate of drug-likeness (QED) is 0.195. The first-order valence-electron chi connectivity index (χ1n) is 13.4. The molecule has 2 amide bonds. The van der Waals surface area contributed by atoms with Crippen molar-refractivity contribution in [3.63, 3.8) is 0 Å². The number of aromatic nitrogens is 3. The molecule has 0 saturated heterocycles. The van der Waals surface area contributed by atoms with Crippen LogP contribution in [0.15, 0.2) is 78.4 Å². The number of amides is 2. The lowest BCUT2D eigenvalue weighted by Crippen LogP contribution is -2.43. The van der Waals surface area contributed by atoms with Crippen LogP contribution in [-0.4, -0.2) is 44.4 Å². The molecule has 5 aromatic rings. The molecule has 228 valence electrons. The van der Waals surface area contributed by atoms with Crippen LogP contribution in [0.5, 0.6) is 0 Å². The zero-order valence-electron chi connectivity index (χ0n) is 23.0. The number of nitrogens with one attached hydrogen (secondary N) is 2.